The molecule has 1 amide bonds. The van der Waals surface area contributed by atoms with Crippen LogP contribution < -0.4 is 9.80 Å². The number of thiophene rings is 1. The van der Waals surface area contributed by atoms with Crippen molar-refractivity contribution in [3.05, 3.63) is 25.8 Å². The molecule has 2 saturated carbocycles. The molecule has 27 heavy (non-hydrogen) atoms. The summed E-state index contributed by atoms with van der Waals surface area (Å²) in [7, 11) is 0. The minimum atomic E-state index is 0.164. The SMILES string of the molecule is CCC(=O)N(c1nn(C[NH+]2CCc3sccc3[C@H]2C2CC2)c(=S)s1)C1CC1. The Morgan fingerprint density at radius 2 is 2.22 bits per heavy atom. The fourth-order valence-corrected chi connectivity index (χ4v) is 6.44. The molecule has 1 aliphatic heterocycles. The minimum Gasteiger partial charge on any atom is -0.310 e. The quantitative estimate of drug-likeness (QED) is 0.729. The van der Waals surface area contributed by atoms with E-state index in [1.807, 2.05) is 27.8 Å². The first-order valence-electron chi connectivity index (χ1n) is 9.96. The van der Waals surface area contributed by atoms with Crippen molar-refractivity contribution in [1.29, 1.82) is 0 Å². The molecule has 2 atom stereocenters. The van der Waals surface area contributed by atoms with Gasteiger partial charge in [-0.05, 0) is 49.3 Å². The maximum Gasteiger partial charge on any atom is 0.228 e. The lowest BCUT2D eigenvalue weighted by Gasteiger charge is -2.32. The number of anilines is 1. The van der Waals surface area contributed by atoms with Crippen LogP contribution >= 0.6 is 34.9 Å². The Bertz CT molecular complexity index is 908. The van der Waals surface area contributed by atoms with Crippen LogP contribution in [0.15, 0.2) is 11.4 Å². The molecule has 0 spiro atoms. The van der Waals surface area contributed by atoms with Crippen LogP contribution in [0.4, 0.5) is 5.13 Å². The first-order valence-corrected chi connectivity index (χ1v) is 12.1. The van der Waals surface area contributed by atoms with Gasteiger partial charge in [0, 0.05) is 35.2 Å². The molecule has 3 heterocycles. The van der Waals surface area contributed by atoms with Gasteiger partial charge in [0.05, 0.1) is 6.54 Å². The number of quaternary nitrogens is 1. The first kappa shape index (κ1) is 18.0. The molecule has 3 aliphatic rings. The molecule has 0 aromatic carbocycles. The molecule has 0 radical (unpaired) electrons. The molecule has 2 aromatic heterocycles. The van der Waals surface area contributed by atoms with E-state index in [1.165, 1.54) is 24.2 Å². The van der Waals surface area contributed by atoms with Gasteiger partial charge in [-0.3, -0.25) is 9.69 Å². The number of hydrogen-bond acceptors (Lipinski definition) is 5. The van der Waals surface area contributed by atoms with E-state index in [-0.39, 0.29) is 5.91 Å². The van der Waals surface area contributed by atoms with Gasteiger partial charge in [-0.25, -0.2) is 0 Å². The third kappa shape index (κ3) is 3.41. The summed E-state index contributed by atoms with van der Waals surface area (Å²) in [6.45, 7) is 3.87. The summed E-state index contributed by atoms with van der Waals surface area (Å²) in [5.74, 6) is 0.975. The van der Waals surface area contributed by atoms with Crippen molar-refractivity contribution < 1.29 is 9.69 Å². The zero-order valence-corrected chi connectivity index (χ0v) is 18.0. The summed E-state index contributed by atoms with van der Waals surface area (Å²) < 4.78 is 2.77. The third-order valence-electron chi connectivity index (χ3n) is 5.96. The molecular formula is C19H25N4OS3+. The molecule has 0 bridgehead atoms. The highest BCUT2D eigenvalue weighted by Crippen LogP contribution is 2.42. The van der Waals surface area contributed by atoms with Gasteiger partial charge in [-0.1, -0.05) is 18.3 Å². The second-order valence-corrected chi connectivity index (χ2v) is 10.5. The minimum absolute atomic E-state index is 0.164. The highest BCUT2D eigenvalue weighted by molar-refractivity contribution is 7.73. The van der Waals surface area contributed by atoms with Crippen LogP contribution in [0.25, 0.3) is 0 Å². The summed E-state index contributed by atoms with van der Waals surface area (Å²) in [6, 6.07) is 3.26. The lowest BCUT2D eigenvalue weighted by Crippen LogP contribution is -3.13. The number of carbonyl (C=O) groups excluding carboxylic acids is 1. The molecule has 2 fully saturated rings. The summed E-state index contributed by atoms with van der Waals surface area (Å²) in [5, 5.41) is 7.86. The molecule has 5 nitrogen and oxygen atoms in total. The maximum absolute atomic E-state index is 12.4. The summed E-state index contributed by atoms with van der Waals surface area (Å²) in [4.78, 5) is 17.5. The van der Waals surface area contributed by atoms with E-state index < -0.39 is 0 Å². The highest BCUT2D eigenvalue weighted by atomic mass is 32.1. The van der Waals surface area contributed by atoms with E-state index in [0.717, 1.165) is 47.5 Å². The summed E-state index contributed by atoms with van der Waals surface area (Å²) >= 11 is 9.05. The molecule has 2 aromatic rings. The molecular weight excluding hydrogens is 396 g/mol. The van der Waals surface area contributed by atoms with Gasteiger partial charge in [0.25, 0.3) is 0 Å². The zero-order valence-electron chi connectivity index (χ0n) is 15.5. The van der Waals surface area contributed by atoms with Gasteiger partial charge in [-0.2, -0.15) is 4.68 Å². The van der Waals surface area contributed by atoms with Crippen molar-refractivity contribution in [2.24, 2.45) is 5.92 Å². The van der Waals surface area contributed by atoms with Gasteiger partial charge >= 0.3 is 0 Å². The molecule has 2 aliphatic carbocycles. The fraction of sp³-hybridized carbons (Fsp3) is 0.632. The van der Waals surface area contributed by atoms with Crippen molar-refractivity contribution in [2.45, 2.75) is 64.2 Å². The highest BCUT2D eigenvalue weighted by Gasteiger charge is 2.43. The van der Waals surface area contributed by atoms with E-state index >= 15 is 0 Å². The average molecular weight is 422 g/mol. The Hall–Kier alpha value is -1.09. The van der Waals surface area contributed by atoms with Crippen LogP contribution in [0.2, 0.25) is 0 Å². The number of carbonyl (C=O) groups is 1. The van der Waals surface area contributed by atoms with Crippen LogP contribution in [0.5, 0.6) is 0 Å². The van der Waals surface area contributed by atoms with Crippen LogP contribution in [0.3, 0.4) is 0 Å². The molecule has 0 saturated heterocycles. The van der Waals surface area contributed by atoms with E-state index in [0.29, 0.717) is 18.5 Å². The predicted molar refractivity (Wildman–Crippen MR) is 111 cm³/mol. The molecule has 1 unspecified atom stereocenters. The summed E-state index contributed by atoms with van der Waals surface area (Å²) in [6.07, 6.45) is 6.53. The molecule has 8 heteroatoms. The van der Waals surface area contributed by atoms with Gasteiger partial charge in [-0.15, -0.1) is 16.4 Å². The Balaban J connectivity index is 1.40. The normalized spacial score (nSPS) is 24.6. The number of rotatable bonds is 6. The van der Waals surface area contributed by atoms with Gasteiger partial charge < -0.3 is 4.90 Å². The van der Waals surface area contributed by atoms with Crippen molar-refractivity contribution in [3.63, 3.8) is 0 Å². The van der Waals surface area contributed by atoms with Crippen LogP contribution in [-0.4, -0.2) is 28.3 Å². The Morgan fingerprint density at radius 3 is 2.93 bits per heavy atom. The number of hydrogen-bond donors (Lipinski definition) is 1. The van der Waals surface area contributed by atoms with E-state index in [9.17, 15) is 4.79 Å². The van der Waals surface area contributed by atoms with Crippen molar-refractivity contribution in [2.75, 3.05) is 11.4 Å². The number of nitrogens with zero attached hydrogens (tertiary/aromatic N) is 3. The van der Waals surface area contributed by atoms with Gasteiger partial charge in [0.2, 0.25) is 11.0 Å². The Labute approximate surface area is 172 Å². The summed E-state index contributed by atoms with van der Waals surface area (Å²) in [5.41, 5.74) is 1.56. The lowest BCUT2D eigenvalue weighted by molar-refractivity contribution is -0.958. The maximum atomic E-state index is 12.4. The van der Waals surface area contributed by atoms with Crippen molar-refractivity contribution >= 4 is 45.9 Å². The predicted octanol–water partition coefficient (Wildman–Crippen LogP) is 3.19. The largest absolute Gasteiger partial charge is 0.310 e. The molecule has 5 rings (SSSR count). The second-order valence-electron chi connectivity index (χ2n) is 7.93. The van der Waals surface area contributed by atoms with Crippen molar-refractivity contribution in [3.8, 4) is 0 Å². The standard InChI is InChI=1S/C19H24N4OS3/c1-2-16(24)23(13-5-6-13)18-20-22(19(25)27-18)11-21-9-7-15-14(8-10-26-15)17(21)12-3-4-12/h8,10,12-13,17H,2-7,9,11H2,1H3/p+1/t17-/m1/s1. The topological polar surface area (TPSA) is 42.6 Å². The Kier molecular flexibility index (Phi) is 4.70. The van der Waals surface area contributed by atoms with Gasteiger partial charge in [0.15, 0.2) is 10.6 Å². The molecule has 1 N–H and O–H groups in total. The van der Waals surface area contributed by atoms with Crippen LogP contribution in [0.1, 0.15) is 55.5 Å². The number of aromatic nitrogens is 2. The van der Waals surface area contributed by atoms with E-state index in [1.54, 1.807) is 15.3 Å². The number of nitrogens with one attached hydrogen (secondary N) is 1. The lowest BCUT2D eigenvalue weighted by atomic mass is 9.96. The third-order valence-corrected chi connectivity index (χ3v) is 8.26. The number of fused-ring (bicyclic) bond motifs is 1. The second kappa shape index (κ2) is 7.06. The average Bonchev–Trinajstić information content (AvgIpc) is 3.58. The van der Waals surface area contributed by atoms with E-state index in [4.69, 9.17) is 17.3 Å². The smallest absolute Gasteiger partial charge is 0.228 e. The van der Waals surface area contributed by atoms with Gasteiger partial charge in [0.1, 0.15) is 6.04 Å². The molecule has 144 valence electrons. The first-order chi connectivity index (χ1) is 13.2. The van der Waals surface area contributed by atoms with Crippen LogP contribution in [0, 0.1) is 9.87 Å². The monoisotopic (exact) mass is 421 g/mol. The van der Waals surface area contributed by atoms with Crippen molar-refractivity contribution in [1.82, 2.24) is 9.78 Å². The van der Waals surface area contributed by atoms with E-state index in [2.05, 4.69) is 11.4 Å². The fourth-order valence-electron chi connectivity index (χ4n) is 4.33. The zero-order chi connectivity index (χ0) is 18.5. The van der Waals surface area contributed by atoms with Crippen LogP contribution in [-0.2, 0) is 17.9 Å². The number of amides is 1. The Morgan fingerprint density at radius 1 is 1.41 bits per heavy atom.